The average Bonchev–Trinajstić information content (AvgIpc) is 3.20. The highest BCUT2D eigenvalue weighted by Crippen LogP contribution is 2.21. The van der Waals surface area contributed by atoms with Gasteiger partial charge in [0.25, 0.3) is 0 Å². The molecule has 2 heterocycles. The van der Waals surface area contributed by atoms with E-state index in [0.717, 1.165) is 43.4 Å². The van der Waals surface area contributed by atoms with Crippen molar-refractivity contribution in [1.82, 2.24) is 15.2 Å². The van der Waals surface area contributed by atoms with Crippen LogP contribution in [0.5, 0.6) is 0 Å². The Labute approximate surface area is 169 Å². The number of rotatable bonds is 4. The highest BCUT2D eigenvalue weighted by Gasteiger charge is 2.25. The number of hydrogen-bond donors (Lipinski definition) is 1. The second-order valence-corrected chi connectivity index (χ2v) is 7.50. The molecule has 1 aliphatic heterocycles. The first-order valence-corrected chi connectivity index (χ1v) is 9.07. The molecule has 1 fully saturated rings. The van der Waals surface area contributed by atoms with Crippen LogP contribution in [0.15, 0.2) is 35.5 Å². The number of guanidine groups is 1. The summed E-state index contributed by atoms with van der Waals surface area (Å²) in [5.74, 6) is 1.36. The summed E-state index contributed by atoms with van der Waals surface area (Å²) in [6.07, 6.45) is 4.04. The number of nitrogens with one attached hydrogen (secondary N) is 1. The summed E-state index contributed by atoms with van der Waals surface area (Å²) in [6, 6.07) is 6.85. The fraction of sp³-hybridized carbons (Fsp3) is 0.444. The summed E-state index contributed by atoms with van der Waals surface area (Å²) in [4.78, 5) is 12.2. The van der Waals surface area contributed by atoms with Crippen LogP contribution in [0.25, 0.3) is 0 Å². The lowest BCUT2D eigenvalue weighted by molar-refractivity contribution is 0.460. The summed E-state index contributed by atoms with van der Waals surface area (Å²) in [6.45, 7) is 4.77. The number of aryl methyl sites for hydroxylation is 1. The van der Waals surface area contributed by atoms with Gasteiger partial charge in [-0.05, 0) is 43.4 Å². The normalized spacial score (nSPS) is 17.5. The number of aromatic nitrogens is 1. The van der Waals surface area contributed by atoms with Crippen LogP contribution >= 0.6 is 35.3 Å². The Bertz CT molecular complexity index is 701. The molecule has 0 spiro atoms. The van der Waals surface area contributed by atoms with E-state index in [4.69, 9.17) is 0 Å². The standard InChI is InChI=1S/C18H23FN4S.HI/c1-13-21-10-17(24-13)11-22-18(20-2)23-8-7-15(12-23)9-14-3-5-16(19)6-4-14;/h3-6,10,15H,7-9,11-12H2,1-2H3,(H,20,22);1H. The number of nitrogens with zero attached hydrogens (tertiary/aromatic N) is 3. The van der Waals surface area contributed by atoms with Crippen molar-refractivity contribution in [3.63, 3.8) is 0 Å². The van der Waals surface area contributed by atoms with Crippen LogP contribution in [-0.2, 0) is 13.0 Å². The quantitative estimate of drug-likeness (QED) is 0.416. The van der Waals surface area contributed by atoms with Gasteiger partial charge in [0.05, 0.1) is 11.6 Å². The van der Waals surface area contributed by atoms with E-state index in [1.54, 1.807) is 23.5 Å². The first-order chi connectivity index (χ1) is 11.6. The molecule has 1 atom stereocenters. The molecular formula is C18H24FIN4S. The minimum atomic E-state index is -0.172. The van der Waals surface area contributed by atoms with Crippen LogP contribution in [-0.4, -0.2) is 36.0 Å². The predicted octanol–water partition coefficient (Wildman–Crippen LogP) is 3.85. The molecule has 1 aliphatic rings. The molecule has 0 amide bonds. The van der Waals surface area contributed by atoms with Crippen molar-refractivity contribution in [3.05, 3.63) is 51.7 Å². The molecule has 1 unspecified atom stereocenters. The molecular weight excluding hydrogens is 450 g/mol. The Hall–Kier alpha value is -1.22. The maximum Gasteiger partial charge on any atom is 0.193 e. The van der Waals surface area contributed by atoms with E-state index >= 15 is 0 Å². The van der Waals surface area contributed by atoms with Crippen LogP contribution in [0.1, 0.15) is 21.9 Å². The number of halogens is 2. The molecule has 1 aromatic carbocycles. The lowest BCUT2D eigenvalue weighted by atomic mass is 9.99. The van der Waals surface area contributed by atoms with E-state index in [0.29, 0.717) is 5.92 Å². The van der Waals surface area contributed by atoms with Gasteiger partial charge >= 0.3 is 0 Å². The van der Waals surface area contributed by atoms with Crippen molar-refractivity contribution in [1.29, 1.82) is 0 Å². The Morgan fingerprint density at radius 3 is 2.80 bits per heavy atom. The molecule has 2 aromatic rings. The van der Waals surface area contributed by atoms with Gasteiger partial charge in [-0.1, -0.05) is 12.1 Å². The van der Waals surface area contributed by atoms with Gasteiger partial charge in [-0.15, -0.1) is 35.3 Å². The molecule has 1 aromatic heterocycles. The van der Waals surface area contributed by atoms with Gasteiger partial charge in [-0.25, -0.2) is 9.37 Å². The maximum absolute atomic E-state index is 13.0. The van der Waals surface area contributed by atoms with Gasteiger partial charge in [-0.3, -0.25) is 4.99 Å². The molecule has 25 heavy (non-hydrogen) atoms. The highest BCUT2D eigenvalue weighted by molar-refractivity contribution is 14.0. The van der Waals surface area contributed by atoms with Crippen molar-refractivity contribution in [3.8, 4) is 0 Å². The van der Waals surface area contributed by atoms with Crippen molar-refractivity contribution in [2.45, 2.75) is 26.3 Å². The number of likely N-dealkylation sites (tertiary alicyclic amines) is 1. The van der Waals surface area contributed by atoms with E-state index in [-0.39, 0.29) is 29.8 Å². The average molecular weight is 474 g/mol. The van der Waals surface area contributed by atoms with Crippen LogP contribution in [0.4, 0.5) is 4.39 Å². The largest absolute Gasteiger partial charge is 0.351 e. The molecule has 0 radical (unpaired) electrons. The highest BCUT2D eigenvalue weighted by atomic mass is 127. The van der Waals surface area contributed by atoms with Crippen molar-refractivity contribution in [2.75, 3.05) is 20.1 Å². The molecule has 1 saturated heterocycles. The fourth-order valence-corrected chi connectivity index (χ4v) is 3.87. The summed E-state index contributed by atoms with van der Waals surface area (Å²) in [5, 5.41) is 4.52. The number of aliphatic imine (C=N–C) groups is 1. The van der Waals surface area contributed by atoms with E-state index in [2.05, 4.69) is 20.2 Å². The lowest BCUT2D eigenvalue weighted by Gasteiger charge is -2.21. The first kappa shape index (κ1) is 20.1. The third-order valence-electron chi connectivity index (χ3n) is 4.32. The minimum Gasteiger partial charge on any atom is -0.351 e. The van der Waals surface area contributed by atoms with Crippen molar-refractivity contribution in [2.24, 2.45) is 10.9 Å². The minimum absolute atomic E-state index is 0. The molecule has 0 bridgehead atoms. The van der Waals surface area contributed by atoms with Crippen LogP contribution in [0.3, 0.4) is 0 Å². The molecule has 3 rings (SSSR count). The molecule has 4 nitrogen and oxygen atoms in total. The maximum atomic E-state index is 13.0. The number of benzene rings is 1. The third kappa shape index (κ3) is 5.64. The predicted molar refractivity (Wildman–Crippen MR) is 112 cm³/mol. The van der Waals surface area contributed by atoms with E-state index < -0.39 is 0 Å². The molecule has 0 saturated carbocycles. The Balaban J connectivity index is 0.00000225. The van der Waals surface area contributed by atoms with Gasteiger partial charge in [0.2, 0.25) is 0 Å². The Morgan fingerprint density at radius 2 is 2.16 bits per heavy atom. The summed E-state index contributed by atoms with van der Waals surface area (Å²) >= 11 is 1.71. The van der Waals surface area contributed by atoms with Crippen molar-refractivity contribution >= 4 is 41.3 Å². The summed E-state index contributed by atoms with van der Waals surface area (Å²) < 4.78 is 13.0. The zero-order valence-corrected chi connectivity index (χ0v) is 17.7. The molecule has 7 heteroatoms. The second kappa shape index (κ2) is 9.47. The second-order valence-electron chi connectivity index (χ2n) is 6.18. The smallest absolute Gasteiger partial charge is 0.193 e. The first-order valence-electron chi connectivity index (χ1n) is 8.25. The van der Waals surface area contributed by atoms with Gasteiger partial charge in [0.15, 0.2) is 5.96 Å². The van der Waals surface area contributed by atoms with Gasteiger partial charge in [0.1, 0.15) is 5.82 Å². The van der Waals surface area contributed by atoms with Crippen LogP contribution in [0.2, 0.25) is 0 Å². The van der Waals surface area contributed by atoms with Gasteiger partial charge in [-0.2, -0.15) is 0 Å². The topological polar surface area (TPSA) is 40.5 Å². The third-order valence-corrected chi connectivity index (χ3v) is 5.24. The molecule has 1 N–H and O–H groups in total. The van der Waals surface area contributed by atoms with Crippen LogP contribution in [0, 0.1) is 18.7 Å². The summed E-state index contributed by atoms with van der Waals surface area (Å²) in [5.41, 5.74) is 1.20. The molecule has 0 aliphatic carbocycles. The molecule has 136 valence electrons. The lowest BCUT2D eigenvalue weighted by Crippen LogP contribution is -2.39. The summed E-state index contributed by atoms with van der Waals surface area (Å²) in [7, 11) is 1.83. The zero-order valence-electron chi connectivity index (χ0n) is 14.5. The van der Waals surface area contributed by atoms with Crippen molar-refractivity contribution < 1.29 is 4.39 Å². The van der Waals surface area contributed by atoms with E-state index in [1.807, 2.05) is 32.3 Å². The van der Waals surface area contributed by atoms with Gasteiger partial charge < -0.3 is 10.2 Å². The Kier molecular flexibility index (Phi) is 7.61. The SMILES string of the molecule is CN=C(NCc1cnc(C)s1)N1CCC(Cc2ccc(F)cc2)C1.I. The number of thiazole rings is 1. The van der Waals surface area contributed by atoms with Crippen LogP contribution < -0.4 is 5.32 Å². The number of hydrogen-bond acceptors (Lipinski definition) is 3. The van der Waals surface area contributed by atoms with Gasteiger partial charge in [0, 0.05) is 31.2 Å². The Morgan fingerprint density at radius 1 is 1.40 bits per heavy atom. The monoisotopic (exact) mass is 474 g/mol. The fourth-order valence-electron chi connectivity index (χ4n) is 3.13. The van der Waals surface area contributed by atoms with E-state index in [1.165, 1.54) is 10.4 Å². The van der Waals surface area contributed by atoms with E-state index in [9.17, 15) is 4.39 Å². The zero-order chi connectivity index (χ0) is 16.9.